The summed E-state index contributed by atoms with van der Waals surface area (Å²) >= 11 is 0. The Morgan fingerprint density at radius 3 is 2.62 bits per heavy atom. The van der Waals surface area contributed by atoms with E-state index in [0.29, 0.717) is 12.0 Å². The molecule has 24 heavy (non-hydrogen) atoms. The number of carbonyl (C=O) groups excluding carboxylic acids is 1. The predicted molar refractivity (Wildman–Crippen MR) is 83.1 cm³/mol. The van der Waals surface area contributed by atoms with Crippen LogP contribution in [0.4, 0.5) is 4.39 Å². The third kappa shape index (κ3) is 2.97. The molecular weight excluding hydrogens is 313 g/mol. The van der Waals surface area contributed by atoms with Crippen molar-refractivity contribution in [2.24, 2.45) is 5.92 Å². The van der Waals surface area contributed by atoms with E-state index in [-0.39, 0.29) is 29.2 Å². The van der Waals surface area contributed by atoms with Gasteiger partial charge in [0.15, 0.2) is 5.69 Å². The summed E-state index contributed by atoms with van der Waals surface area (Å²) in [6.45, 7) is 2.00. The molecule has 1 heterocycles. The van der Waals surface area contributed by atoms with Gasteiger partial charge in [-0.05, 0) is 36.0 Å². The van der Waals surface area contributed by atoms with Gasteiger partial charge in [0.05, 0.1) is 18.4 Å². The predicted octanol–water partition coefficient (Wildman–Crippen LogP) is 2.37. The van der Waals surface area contributed by atoms with Gasteiger partial charge >= 0.3 is 5.97 Å². The first-order chi connectivity index (χ1) is 11.5. The van der Waals surface area contributed by atoms with E-state index in [1.807, 2.05) is 13.0 Å². The molecule has 6 nitrogen and oxygen atoms in total. The van der Waals surface area contributed by atoms with Crippen LogP contribution in [0.3, 0.4) is 0 Å². The van der Waals surface area contributed by atoms with Gasteiger partial charge in [-0.15, -0.1) is 0 Å². The van der Waals surface area contributed by atoms with Crippen LogP contribution in [0.5, 0.6) is 0 Å². The summed E-state index contributed by atoms with van der Waals surface area (Å²) in [5.41, 5.74) is 1.20. The molecule has 0 saturated heterocycles. The SMILES string of the molecule is CC1CCc2c(F)cccc2C1NC(=O)c1cnc(C(=O)O)cn1. The Kier molecular flexibility index (Phi) is 4.24. The summed E-state index contributed by atoms with van der Waals surface area (Å²) < 4.78 is 14.0. The van der Waals surface area contributed by atoms with Crippen molar-refractivity contribution in [1.82, 2.24) is 15.3 Å². The number of aromatic carboxylic acids is 1. The van der Waals surface area contributed by atoms with Gasteiger partial charge in [-0.25, -0.2) is 19.2 Å². The maximum Gasteiger partial charge on any atom is 0.356 e. The molecule has 1 aliphatic rings. The zero-order valence-electron chi connectivity index (χ0n) is 13.0. The van der Waals surface area contributed by atoms with Gasteiger partial charge in [-0.1, -0.05) is 19.1 Å². The Labute approximate surface area is 137 Å². The van der Waals surface area contributed by atoms with Crippen molar-refractivity contribution in [3.05, 3.63) is 58.9 Å². The van der Waals surface area contributed by atoms with Crippen molar-refractivity contribution < 1.29 is 19.1 Å². The fourth-order valence-electron chi connectivity index (χ4n) is 2.97. The van der Waals surface area contributed by atoms with E-state index >= 15 is 0 Å². The van der Waals surface area contributed by atoms with Crippen molar-refractivity contribution in [2.45, 2.75) is 25.8 Å². The van der Waals surface area contributed by atoms with Crippen LogP contribution in [0.15, 0.2) is 30.6 Å². The van der Waals surface area contributed by atoms with E-state index in [4.69, 9.17) is 5.11 Å². The minimum Gasteiger partial charge on any atom is -0.476 e. The van der Waals surface area contributed by atoms with Crippen LogP contribution in [-0.4, -0.2) is 27.0 Å². The first-order valence-corrected chi connectivity index (χ1v) is 7.61. The van der Waals surface area contributed by atoms with Crippen molar-refractivity contribution in [3.8, 4) is 0 Å². The summed E-state index contributed by atoms with van der Waals surface area (Å²) in [6, 6.07) is 4.55. The van der Waals surface area contributed by atoms with Crippen molar-refractivity contribution in [3.63, 3.8) is 0 Å². The topological polar surface area (TPSA) is 92.2 Å². The first-order valence-electron chi connectivity index (χ1n) is 7.61. The van der Waals surface area contributed by atoms with Crippen LogP contribution in [-0.2, 0) is 6.42 Å². The molecule has 1 aromatic heterocycles. The smallest absolute Gasteiger partial charge is 0.356 e. The first kappa shape index (κ1) is 16.0. The lowest BCUT2D eigenvalue weighted by Gasteiger charge is -2.32. The summed E-state index contributed by atoms with van der Waals surface area (Å²) in [5.74, 6) is -1.79. The fourth-order valence-corrected chi connectivity index (χ4v) is 2.97. The highest BCUT2D eigenvalue weighted by Crippen LogP contribution is 2.35. The van der Waals surface area contributed by atoms with Gasteiger partial charge in [0, 0.05) is 0 Å². The Hall–Kier alpha value is -2.83. The molecule has 1 aromatic carbocycles. The molecule has 0 aliphatic heterocycles. The molecule has 0 saturated carbocycles. The van der Waals surface area contributed by atoms with Crippen LogP contribution in [0.1, 0.15) is 51.5 Å². The van der Waals surface area contributed by atoms with E-state index < -0.39 is 11.9 Å². The second kappa shape index (κ2) is 6.35. The third-order valence-electron chi connectivity index (χ3n) is 4.30. The summed E-state index contributed by atoms with van der Waals surface area (Å²) in [4.78, 5) is 30.7. The number of halogens is 1. The lowest BCUT2D eigenvalue weighted by molar-refractivity contribution is 0.0688. The minimum atomic E-state index is -1.21. The number of hydrogen-bond donors (Lipinski definition) is 2. The Balaban J connectivity index is 1.84. The Bertz CT molecular complexity index is 792. The molecule has 1 amide bonds. The summed E-state index contributed by atoms with van der Waals surface area (Å²) in [7, 11) is 0. The number of nitrogens with one attached hydrogen (secondary N) is 1. The molecule has 0 spiro atoms. The highest BCUT2D eigenvalue weighted by atomic mass is 19.1. The number of aromatic nitrogens is 2. The van der Waals surface area contributed by atoms with Gasteiger partial charge < -0.3 is 10.4 Å². The molecule has 2 atom stereocenters. The number of rotatable bonds is 3. The average Bonchev–Trinajstić information content (AvgIpc) is 2.57. The Morgan fingerprint density at radius 2 is 1.96 bits per heavy atom. The zero-order chi connectivity index (χ0) is 17.3. The second-order valence-electron chi connectivity index (χ2n) is 5.87. The fraction of sp³-hybridized carbons (Fsp3) is 0.294. The number of carboxylic acids is 1. The van der Waals surface area contributed by atoms with Crippen LogP contribution in [0.2, 0.25) is 0 Å². The number of benzene rings is 1. The lowest BCUT2D eigenvalue weighted by atomic mass is 9.80. The van der Waals surface area contributed by atoms with Crippen molar-refractivity contribution in [1.29, 1.82) is 0 Å². The molecule has 1 aliphatic carbocycles. The number of carbonyl (C=O) groups is 2. The number of nitrogens with zero attached hydrogens (tertiary/aromatic N) is 2. The Morgan fingerprint density at radius 1 is 1.25 bits per heavy atom. The molecule has 7 heteroatoms. The average molecular weight is 329 g/mol. The van der Waals surface area contributed by atoms with Crippen molar-refractivity contribution in [2.75, 3.05) is 0 Å². The molecule has 2 N–H and O–H groups in total. The van der Waals surface area contributed by atoms with Crippen molar-refractivity contribution >= 4 is 11.9 Å². The van der Waals surface area contributed by atoms with Gasteiger partial charge in [0.1, 0.15) is 11.5 Å². The number of amides is 1. The monoisotopic (exact) mass is 329 g/mol. The molecule has 2 unspecified atom stereocenters. The molecule has 3 rings (SSSR count). The van der Waals surface area contributed by atoms with Gasteiger partial charge in [0.2, 0.25) is 0 Å². The van der Waals surface area contributed by atoms with Crippen LogP contribution in [0.25, 0.3) is 0 Å². The summed E-state index contributed by atoms with van der Waals surface area (Å²) in [5, 5.41) is 11.7. The van der Waals surface area contributed by atoms with Gasteiger partial charge in [-0.3, -0.25) is 4.79 Å². The van der Waals surface area contributed by atoms with Gasteiger partial charge in [-0.2, -0.15) is 0 Å². The maximum absolute atomic E-state index is 14.0. The van der Waals surface area contributed by atoms with Crippen LogP contribution in [0, 0.1) is 11.7 Å². The van der Waals surface area contributed by atoms with E-state index in [9.17, 15) is 14.0 Å². The van der Waals surface area contributed by atoms with Crippen LogP contribution < -0.4 is 5.32 Å². The van der Waals surface area contributed by atoms with E-state index in [1.54, 1.807) is 6.07 Å². The molecule has 0 fully saturated rings. The normalized spacial score (nSPS) is 19.4. The zero-order valence-corrected chi connectivity index (χ0v) is 13.0. The van der Waals surface area contributed by atoms with E-state index in [0.717, 1.165) is 24.4 Å². The highest BCUT2D eigenvalue weighted by molar-refractivity contribution is 5.93. The molecular formula is C17H16FN3O3. The minimum absolute atomic E-state index is 0.0238. The number of carboxylic acid groups (broad SMARTS) is 1. The quantitative estimate of drug-likeness (QED) is 0.902. The van der Waals surface area contributed by atoms with Crippen LogP contribution >= 0.6 is 0 Å². The molecule has 124 valence electrons. The standard InChI is InChI=1S/C17H16FN3O3/c1-9-5-6-10-11(3-2-4-12(10)18)15(9)21-16(22)13-7-20-14(8-19-13)17(23)24/h2-4,7-9,15H,5-6H2,1H3,(H,21,22)(H,23,24). The highest BCUT2D eigenvalue weighted by Gasteiger charge is 2.30. The molecule has 0 bridgehead atoms. The third-order valence-corrected chi connectivity index (χ3v) is 4.30. The number of fused-ring (bicyclic) bond motifs is 1. The van der Waals surface area contributed by atoms with Gasteiger partial charge in [0.25, 0.3) is 5.91 Å². The summed E-state index contributed by atoms with van der Waals surface area (Å²) in [6.07, 6.45) is 3.57. The van der Waals surface area contributed by atoms with E-state index in [1.165, 1.54) is 6.07 Å². The second-order valence-corrected chi connectivity index (χ2v) is 5.87. The molecule has 0 radical (unpaired) electrons. The largest absolute Gasteiger partial charge is 0.476 e. The van der Waals surface area contributed by atoms with E-state index in [2.05, 4.69) is 15.3 Å². The lowest BCUT2D eigenvalue weighted by Crippen LogP contribution is -2.36. The maximum atomic E-state index is 14.0. The molecule has 2 aromatic rings. The number of hydrogen-bond acceptors (Lipinski definition) is 4.